The van der Waals surface area contributed by atoms with Gasteiger partial charge in [-0.15, -0.1) is 0 Å². The molecule has 0 aromatic carbocycles. The molecule has 2 N–H and O–H groups in total. The zero-order valence-electron chi connectivity index (χ0n) is 10.9. The van der Waals surface area contributed by atoms with E-state index < -0.39 is 0 Å². The van der Waals surface area contributed by atoms with Crippen molar-refractivity contribution in [1.29, 1.82) is 0 Å². The summed E-state index contributed by atoms with van der Waals surface area (Å²) in [7, 11) is 5.22. The zero-order chi connectivity index (χ0) is 11.4. The molecule has 0 atom stereocenters. The van der Waals surface area contributed by atoms with Crippen molar-refractivity contribution in [3.63, 3.8) is 0 Å². The lowest BCUT2D eigenvalue weighted by atomic mass is 10.0. The molecule has 0 rings (SSSR count). The lowest BCUT2D eigenvalue weighted by Crippen LogP contribution is -2.70. The second-order valence-corrected chi connectivity index (χ2v) is 7.13. The second kappa shape index (κ2) is 5.26. The molecule has 0 saturated heterocycles. The third kappa shape index (κ3) is 2.37. The third-order valence-electron chi connectivity index (χ3n) is 3.05. The highest BCUT2D eigenvalue weighted by Crippen LogP contribution is 2.34. The molecule has 0 aromatic rings. The van der Waals surface area contributed by atoms with Crippen LogP contribution in [0.1, 0.15) is 27.7 Å². The number of hydrogen-bond acceptors (Lipinski definition) is 3. The van der Waals surface area contributed by atoms with E-state index in [9.17, 15) is 0 Å². The van der Waals surface area contributed by atoms with Gasteiger partial charge in [-0.2, -0.15) is 0 Å². The van der Waals surface area contributed by atoms with Crippen LogP contribution in [-0.4, -0.2) is 48.1 Å². The van der Waals surface area contributed by atoms with Gasteiger partial charge in [-0.25, -0.2) is 0 Å². The van der Waals surface area contributed by atoms with Crippen molar-refractivity contribution in [2.45, 2.75) is 38.5 Å². The highest BCUT2D eigenvalue weighted by atomic mass is 28.1. The molecule has 0 radical (unpaired) electrons. The van der Waals surface area contributed by atoms with Gasteiger partial charge in [0, 0.05) is 10.2 Å². The van der Waals surface area contributed by atoms with Gasteiger partial charge < -0.3 is 0 Å². The molecular formula is C10H27N3Si. The maximum atomic E-state index is 3.46. The average Bonchev–Trinajstić information content (AvgIpc) is 2.12. The first kappa shape index (κ1) is 14.1. The summed E-state index contributed by atoms with van der Waals surface area (Å²) in [6, 6.07) is 0. The topological polar surface area (TPSA) is 27.3 Å². The van der Waals surface area contributed by atoms with E-state index in [1.165, 1.54) is 0 Å². The van der Waals surface area contributed by atoms with Gasteiger partial charge in [-0.05, 0) is 32.2 Å². The van der Waals surface area contributed by atoms with E-state index in [2.05, 4.69) is 43.2 Å². The van der Waals surface area contributed by atoms with E-state index in [0.29, 0.717) is 0 Å². The van der Waals surface area contributed by atoms with Crippen LogP contribution in [0.15, 0.2) is 0 Å². The Bertz CT molecular complexity index is 157. The molecule has 0 heterocycles. The van der Waals surface area contributed by atoms with E-state index in [1.54, 1.807) is 0 Å². The molecule has 0 aliphatic rings. The molecule has 14 heavy (non-hydrogen) atoms. The summed E-state index contributed by atoms with van der Waals surface area (Å²) in [4.78, 5) is 2.44. The predicted molar refractivity (Wildman–Crippen MR) is 67.8 cm³/mol. The standard InChI is InChI=1S/C10H27N3Si/c1-7-13(8-2)10(11-5,12-6)9(3,4)14/h11-12H,7-8H2,1-6,14H3. The monoisotopic (exact) mass is 217 g/mol. The summed E-state index contributed by atoms with van der Waals surface area (Å²) in [6.45, 7) is 11.2. The van der Waals surface area contributed by atoms with Gasteiger partial charge in [-0.3, -0.25) is 15.5 Å². The Hall–Kier alpha value is 0.0969. The maximum Gasteiger partial charge on any atom is 0.127 e. The fourth-order valence-electron chi connectivity index (χ4n) is 2.36. The van der Waals surface area contributed by atoms with Crippen molar-refractivity contribution in [3.8, 4) is 0 Å². The normalized spacial score (nSPS) is 13.9. The van der Waals surface area contributed by atoms with Crippen LogP contribution in [0, 0.1) is 0 Å². The molecule has 0 aromatic heterocycles. The minimum Gasteiger partial charge on any atom is -0.290 e. The van der Waals surface area contributed by atoms with Gasteiger partial charge in [0.1, 0.15) is 5.79 Å². The summed E-state index contributed by atoms with van der Waals surface area (Å²) < 4.78 is 0. The van der Waals surface area contributed by atoms with Crippen molar-refractivity contribution in [2.75, 3.05) is 27.2 Å². The van der Waals surface area contributed by atoms with Crippen LogP contribution in [-0.2, 0) is 0 Å². The Labute approximate surface area is 92.1 Å². The first-order chi connectivity index (χ1) is 6.39. The Morgan fingerprint density at radius 1 is 1.07 bits per heavy atom. The Morgan fingerprint density at radius 2 is 1.43 bits per heavy atom. The smallest absolute Gasteiger partial charge is 0.127 e. The van der Waals surface area contributed by atoms with Gasteiger partial charge in [0.25, 0.3) is 0 Å². The third-order valence-corrected chi connectivity index (χ3v) is 3.77. The van der Waals surface area contributed by atoms with Crippen LogP contribution in [0.25, 0.3) is 0 Å². The van der Waals surface area contributed by atoms with E-state index in [1.807, 2.05) is 14.1 Å². The Balaban J connectivity index is 5.05. The molecule has 0 spiro atoms. The molecule has 0 bridgehead atoms. The van der Waals surface area contributed by atoms with Gasteiger partial charge in [0.2, 0.25) is 0 Å². The van der Waals surface area contributed by atoms with Crippen LogP contribution in [0.3, 0.4) is 0 Å². The summed E-state index contributed by atoms with van der Waals surface area (Å²) >= 11 is 0. The minimum absolute atomic E-state index is 0.0667. The molecule has 0 fully saturated rings. The second-order valence-electron chi connectivity index (χ2n) is 4.63. The molecule has 4 heteroatoms. The number of hydrogen-bond donors (Lipinski definition) is 2. The van der Waals surface area contributed by atoms with E-state index in [-0.39, 0.29) is 10.8 Å². The van der Waals surface area contributed by atoms with Crippen LogP contribution < -0.4 is 10.6 Å². The Kier molecular flexibility index (Phi) is 5.29. The first-order valence-corrected chi connectivity index (χ1v) is 6.52. The molecule has 0 aliphatic carbocycles. The highest BCUT2D eigenvalue weighted by molar-refractivity contribution is 6.15. The highest BCUT2D eigenvalue weighted by Gasteiger charge is 2.43. The molecule has 0 saturated carbocycles. The number of rotatable bonds is 6. The van der Waals surface area contributed by atoms with Gasteiger partial charge in [0.15, 0.2) is 0 Å². The van der Waals surface area contributed by atoms with Crippen LogP contribution >= 0.6 is 0 Å². The lowest BCUT2D eigenvalue weighted by Gasteiger charge is -2.51. The van der Waals surface area contributed by atoms with Crippen molar-refractivity contribution >= 4 is 10.2 Å². The summed E-state index contributed by atoms with van der Waals surface area (Å²) in [5.41, 5.74) is 0. The Morgan fingerprint density at radius 3 is 1.50 bits per heavy atom. The molecular weight excluding hydrogens is 190 g/mol. The van der Waals surface area contributed by atoms with Gasteiger partial charge in [-0.1, -0.05) is 27.7 Å². The SMILES string of the molecule is CCN(CC)C(NC)(NC)C(C)(C)[SiH3]. The molecule has 3 nitrogen and oxygen atoms in total. The lowest BCUT2D eigenvalue weighted by molar-refractivity contribution is 0.0107. The van der Waals surface area contributed by atoms with E-state index in [0.717, 1.165) is 23.3 Å². The molecule has 86 valence electrons. The van der Waals surface area contributed by atoms with Crippen molar-refractivity contribution in [3.05, 3.63) is 0 Å². The van der Waals surface area contributed by atoms with Crippen LogP contribution in [0.4, 0.5) is 0 Å². The van der Waals surface area contributed by atoms with Crippen LogP contribution in [0.5, 0.6) is 0 Å². The quantitative estimate of drug-likeness (QED) is 0.484. The van der Waals surface area contributed by atoms with Crippen LogP contribution in [0.2, 0.25) is 5.04 Å². The predicted octanol–water partition coefficient (Wildman–Crippen LogP) is -0.0153. The van der Waals surface area contributed by atoms with Gasteiger partial charge in [0.05, 0.1) is 0 Å². The number of nitrogens with zero attached hydrogens (tertiary/aromatic N) is 1. The van der Waals surface area contributed by atoms with E-state index in [4.69, 9.17) is 0 Å². The molecule has 0 amide bonds. The first-order valence-electron chi connectivity index (χ1n) is 5.52. The number of nitrogens with one attached hydrogen (secondary N) is 2. The minimum atomic E-state index is -0.0667. The molecule has 0 aliphatic heterocycles. The van der Waals surface area contributed by atoms with Crippen molar-refractivity contribution < 1.29 is 0 Å². The largest absolute Gasteiger partial charge is 0.290 e. The molecule has 0 unspecified atom stereocenters. The van der Waals surface area contributed by atoms with Crippen molar-refractivity contribution in [1.82, 2.24) is 15.5 Å². The fourth-order valence-corrected chi connectivity index (χ4v) is 3.18. The summed E-state index contributed by atoms with van der Waals surface area (Å²) in [5.74, 6) is -0.0667. The maximum absolute atomic E-state index is 3.46. The van der Waals surface area contributed by atoms with Crippen molar-refractivity contribution in [2.24, 2.45) is 0 Å². The summed E-state index contributed by atoms with van der Waals surface area (Å²) in [6.07, 6.45) is 0. The van der Waals surface area contributed by atoms with Gasteiger partial charge >= 0.3 is 0 Å². The average molecular weight is 217 g/mol. The van der Waals surface area contributed by atoms with E-state index >= 15 is 0 Å². The fraction of sp³-hybridized carbons (Fsp3) is 1.00. The summed E-state index contributed by atoms with van der Waals surface area (Å²) in [5, 5.41) is 7.19. The zero-order valence-corrected chi connectivity index (χ0v) is 12.9.